The number of rotatable bonds is 6. The van der Waals surface area contributed by atoms with Crippen molar-refractivity contribution in [1.29, 1.82) is 5.26 Å². The summed E-state index contributed by atoms with van der Waals surface area (Å²) >= 11 is 0. The summed E-state index contributed by atoms with van der Waals surface area (Å²) in [5.74, 6) is -0.675. The molecule has 0 saturated carbocycles. The SMILES string of the molecule is COC(=O)CN(c1ccc(CC#N)cc1)S(=O)(=O)c1ccc2ccccc2c1. The van der Waals surface area contributed by atoms with E-state index >= 15 is 0 Å². The van der Waals surface area contributed by atoms with E-state index in [4.69, 9.17) is 5.26 Å². The van der Waals surface area contributed by atoms with Gasteiger partial charge in [-0.1, -0.05) is 42.5 Å². The van der Waals surface area contributed by atoms with Gasteiger partial charge in [0, 0.05) is 0 Å². The molecule has 3 rings (SSSR count). The fourth-order valence-corrected chi connectivity index (χ4v) is 4.27. The van der Waals surface area contributed by atoms with Gasteiger partial charge in [-0.3, -0.25) is 9.10 Å². The number of nitrogens with zero attached hydrogens (tertiary/aromatic N) is 2. The van der Waals surface area contributed by atoms with E-state index in [1.807, 2.05) is 30.3 Å². The zero-order chi connectivity index (χ0) is 20.1. The van der Waals surface area contributed by atoms with Crippen LogP contribution < -0.4 is 4.31 Å². The molecule has 0 heterocycles. The van der Waals surface area contributed by atoms with Crippen molar-refractivity contribution in [3.63, 3.8) is 0 Å². The monoisotopic (exact) mass is 394 g/mol. The molecule has 6 nitrogen and oxygen atoms in total. The fourth-order valence-electron chi connectivity index (χ4n) is 2.82. The number of nitriles is 1. The van der Waals surface area contributed by atoms with Crippen LogP contribution in [-0.2, 0) is 26.0 Å². The zero-order valence-electron chi connectivity index (χ0n) is 15.2. The lowest BCUT2D eigenvalue weighted by Crippen LogP contribution is -2.36. The molecule has 28 heavy (non-hydrogen) atoms. The highest BCUT2D eigenvalue weighted by Crippen LogP contribution is 2.26. The van der Waals surface area contributed by atoms with Gasteiger partial charge in [0.15, 0.2) is 0 Å². The molecule has 0 amide bonds. The van der Waals surface area contributed by atoms with E-state index in [2.05, 4.69) is 4.74 Å². The number of ether oxygens (including phenoxy) is 1. The maximum atomic E-state index is 13.3. The van der Waals surface area contributed by atoms with Crippen molar-refractivity contribution >= 4 is 32.5 Å². The van der Waals surface area contributed by atoms with E-state index in [9.17, 15) is 13.2 Å². The van der Waals surface area contributed by atoms with Crippen LogP contribution in [0.1, 0.15) is 5.56 Å². The number of fused-ring (bicyclic) bond motifs is 1. The van der Waals surface area contributed by atoms with Crippen LogP contribution in [0.3, 0.4) is 0 Å². The molecule has 0 bridgehead atoms. The third kappa shape index (κ3) is 3.97. The summed E-state index contributed by atoms with van der Waals surface area (Å²) in [7, 11) is -2.80. The highest BCUT2D eigenvalue weighted by molar-refractivity contribution is 7.92. The van der Waals surface area contributed by atoms with Gasteiger partial charge >= 0.3 is 5.97 Å². The summed E-state index contributed by atoms with van der Waals surface area (Å²) in [5.41, 5.74) is 1.08. The highest BCUT2D eigenvalue weighted by atomic mass is 32.2. The number of carbonyl (C=O) groups excluding carboxylic acids is 1. The lowest BCUT2D eigenvalue weighted by molar-refractivity contribution is -0.138. The van der Waals surface area contributed by atoms with E-state index in [1.165, 1.54) is 13.2 Å². The topological polar surface area (TPSA) is 87.5 Å². The summed E-state index contributed by atoms with van der Waals surface area (Å²) in [6.07, 6.45) is 0.217. The molecule has 3 aromatic rings. The van der Waals surface area contributed by atoms with Gasteiger partial charge < -0.3 is 4.74 Å². The van der Waals surface area contributed by atoms with E-state index in [0.717, 1.165) is 20.6 Å². The van der Waals surface area contributed by atoms with E-state index in [-0.39, 0.29) is 11.3 Å². The summed E-state index contributed by atoms with van der Waals surface area (Å²) in [4.78, 5) is 12.0. The average Bonchev–Trinajstić information content (AvgIpc) is 2.72. The van der Waals surface area contributed by atoms with Gasteiger partial charge in [0.05, 0.1) is 30.2 Å². The first-order valence-electron chi connectivity index (χ1n) is 8.50. The van der Waals surface area contributed by atoms with Crippen LogP contribution in [0, 0.1) is 11.3 Å². The molecule has 0 aromatic heterocycles. The van der Waals surface area contributed by atoms with Crippen LogP contribution in [0.2, 0.25) is 0 Å². The molecular weight excluding hydrogens is 376 g/mol. The van der Waals surface area contributed by atoms with Crippen LogP contribution in [0.15, 0.2) is 71.6 Å². The third-order valence-corrected chi connectivity index (χ3v) is 6.09. The van der Waals surface area contributed by atoms with Gasteiger partial charge in [-0.15, -0.1) is 0 Å². The van der Waals surface area contributed by atoms with Crippen LogP contribution in [-0.4, -0.2) is 28.0 Å². The molecule has 142 valence electrons. The highest BCUT2D eigenvalue weighted by Gasteiger charge is 2.27. The smallest absolute Gasteiger partial charge is 0.326 e. The Kier molecular flexibility index (Phi) is 5.62. The number of sulfonamides is 1. The molecular formula is C21H18N2O4S. The van der Waals surface area contributed by atoms with E-state index < -0.39 is 22.5 Å². The Morgan fingerprint density at radius 1 is 1.04 bits per heavy atom. The molecule has 0 aliphatic rings. The summed E-state index contributed by atoms with van der Waals surface area (Å²) < 4.78 is 32.3. The average molecular weight is 394 g/mol. The van der Waals surface area contributed by atoms with Crippen molar-refractivity contribution in [3.05, 3.63) is 72.3 Å². The van der Waals surface area contributed by atoms with Crippen LogP contribution in [0.4, 0.5) is 5.69 Å². The van der Waals surface area contributed by atoms with Gasteiger partial charge in [-0.2, -0.15) is 5.26 Å². The second-order valence-electron chi connectivity index (χ2n) is 6.10. The van der Waals surface area contributed by atoms with Gasteiger partial charge in [-0.25, -0.2) is 8.42 Å². The molecule has 0 radical (unpaired) electrons. The first-order chi connectivity index (χ1) is 13.5. The minimum atomic E-state index is -4.01. The van der Waals surface area contributed by atoms with Gasteiger partial charge in [0.2, 0.25) is 0 Å². The second kappa shape index (κ2) is 8.11. The van der Waals surface area contributed by atoms with E-state index in [0.29, 0.717) is 5.69 Å². The number of anilines is 1. The lowest BCUT2D eigenvalue weighted by Gasteiger charge is -2.23. The van der Waals surface area contributed by atoms with E-state index in [1.54, 1.807) is 36.4 Å². The van der Waals surface area contributed by atoms with Crippen molar-refractivity contribution in [1.82, 2.24) is 0 Å². The van der Waals surface area contributed by atoms with Gasteiger partial charge in [-0.05, 0) is 40.6 Å². The molecule has 0 aliphatic carbocycles. The van der Waals surface area contributed by atoms with Crippen molar-refractivity contribution in [2.75, 3.05) is 18.0 Å². The number of esters is 1. The van der Waals surface area contributed by atoms with Crippen molar-refractivity contribution < 1.29 is 17.9 Å². The normalized spacial score (nSPS) is 11.0. The lowest BCUT2D eigenvalue weighted by atomic mass is 10.1. The predicted octanol–water partition coefficient (Wildman–Crippen LogP) is 3.27. The van der Waals surface area contributed by atoms with Gasteiger partial charge in [0.1, 0.15) is 6.54 Å². The predicted molar refractivity (Wildman–Crippen MR) is 106 cm³/mol. The maximum absolute atomic E-state index is 13.3. The molecule has 0 saturated heterocycles. The Bertz CT molecular complexity index is 1150. The molecule has 7 heteroatoms. The molecule has 0 N–H and O–H groups in total. The van der Waals surface area contributed by atoms with Crippen molar-refractivity contribution in [3.8, 4) is 6.07 Å². The number of benzene rings is 3. The minimum absolute atomic E-state index is 0.0798. The van der Waals surface area contributed by atoms with Crippen molar-refractivity contribution in [2.24, 2.45) is 0 Å². The molecule has 0 fully saturated rings. The second-order valence-corrected chi connectivity index (χ2v) is 7.96. The fraction of sp³-hybridized carbons (Fsp3) is 0.143. The van der Waals surface area contributed by atoms with Crippen LogP contribution in [0.5, 0.6) is 0 Å². The van der Waals surface area contributed by atoms with Crippen molar-refractivity contribution in [2.45, 2.75) is 11.3 Å². The Balaban J connectivity index is 2.06. The van der Waals surface area contributed by atoms with Crippen LogP contribution in [0.25, 0.3) is 10.8 Å². The molecule has 3 aromatic carbocycles. The Hall–Kier alpha value is -3.37. The first kappa shape index (κ1) is 19.4. The third-order valence-electron chi connectivity index (χ3n) is 4.32. The summed E-state index contributed by atoms with van der Waals surface area (Å²) in [5, 5.41) is 10.5. The summed E-state index contributed by atoms with van der Waals surface area (Å²) in [6.45, 7) is -0.455. The van der Waals surface area contributed by atoms with Crippen LogP contribution >= 0.6 is 0 Å². The maximum Gasteiger partial charge on any atom is 0.326 e. The first-order valence-corrected chi connectivity index (χ1v) is 9.94. The Morgan fingerprint density at radius 3 is 2.36 bits per heavy atom. The minimum Gasteiger partial charge on any atom is -0.468 e. The molecule has 0 unspecified atom stereocenters. The number of hydrogen-bond acceptors (Lipinski definition) is 5. The quantitative estimate of drug-likeness (QED) is 0.599. The Morgan fingerprint density at radius 2 is 1.71 bits per heavy atom. The zero-order valence-corrected chi connectivity index (χ0v) is 16.0. The molecule has 0 spiro atoms. The number of hydrogen-bond donors (Lipinski definition) is 0. The molecule has 0 aliphatic heterocycles. The Labute approximate surface area is 163 Å². The molecule has 0 atom stereocenters. The largest absolute Gasteiger partial charge is 0.468 e. The standard InChI is InChI=1S/C21H18N2O4S/c1-27-21(24)15-23(19-9-6-16(7-10-19)12-13-22)28(25,26)20-11-8-17-4-2-3-5-18(17)14-20/h2-11,14H,12,15H2,1H3. The summed E-state index contributed by atoms with van der Waals surface area (Å²) in [6, 6.07) is 20.8. The number of methoxy groups -OCH3 is 1. The van der Waals surface area contributed by atoms with Gasteiger partial charge in [0.25, 0.3) is 10.0 Å². The number of carbonyl (C=O) groups is 1.